The van der Waals surface area contributed by atoms with Crippen LogP contribution in [0.25, 0.3) is 11.1 Å². The number of hydrogen-bond acceptors (Lipinski definition) is 1. The van der Waals surface area contributed by atoms with Crippen molar-refractivity contribution in [3.63, 3.8) is 0 Å². The van der Waals surface area contributed by atoms with Crippen LogP contribution in [0.3, 0.4) is 0 Å². The lowest BCUT2D eigenvalue weighted by Gasteiger charge is -2.40. The van der Waals surface area contributed by atoms with Gasteiger partial charge in [0.1, 0.15) is 0 Å². The largest absolute Gasteiger partial charge is 0.341 e. The van der Waals surface area contributed by atoms with E-state index in [2.05, 4.69) is 190 Å². The fourth-order valence-corrected chi connectivity index (χ4v) is 34.5. The number of anilines is 1. The van der Waals surface area contributed by atoms with Gasteiger partial charge >= 0.3 is 0 Å². The summed E-state index contributed by atoms with van der Waals surface area (Å²) in [5, 5.41) is 10.0. The molecular formula is C57H95NP2Si4. The summed E-state index contributed by atoms with van der Waals surface area (Å²) >= 11 is 0. The molecule has 4 aromatic carbocycles. The van der Waals surface area contributed by atoms with Gasteiger partial charge in [-0.25, -0.2) is 0 Å². The normalized spacial score (nSPS) is 13.4. The molecule has 0 spiro atoms. The Hall–Kier alpha value is -1.59. The zero-order valence-electron chi connectivity index (χ0n) is 43.9. The van der Waals surface area contributed by atoms with E-state index in [1.807, 2.05) is 0 Å². The smallest absolute Gasteiger partial charge is 0.0867 e. The average molecular weight is 969 g/mol. The lowest BCUT2D eigenvalue weighted by Crippen LogP contribution is -2.49. The highest BCUT2D eigenvalue weighted by atomic mass is 32.1. The zero-order valence-corrected chi connectivity index (χ0v) is 49.8. The van der Waals surface area contributed by atoms with E-state index >= 15 is 0 Å². The average Bonchev–Trinajstić information content (AvgIpc) is 3.28. The highest BCUT2D eigenvalue weighted by Gasteiger charge is 2.37. The summed E-state index contributed by atoms with van der Waals surface area (Å²) in [7, 11) is -6.66. The molecule has 0 saturated carbocycles. The molecule has 0 aliphatic carbocycles. The first-order valence-electron chi connectivity index (χ1n) is 26.4. The van der Waals surface area contributed by atoms with Crippen LogP contribution in [0.5, 0.6) is 0 Å². The van der Waals surface area contributed by atoms with Gasteiger partial charge in [-0.15, -0.1) is 0 Å². The molecule has 0 aliphatic heterocycles. The molecule has 354 valence electrons. The maximum Gasteiger partial charge on any atom is 0.0867 e. The first-order chi connectivity index (χ1) is 30.6. The molecule has 4 rings (SSSR count). The molecule has 64 heavy (non-hydrogen) atoms. The second-order valence-electron chi connectivity index (χ2n) is 21.9. The summed E-state index contributed by atoms with van der Waals surface area (Å²) in [5.74, 6) is 0. The van der Waals surface area contributed by atoms with Gasteiger partial charge < -0.3 is 4.67 Å². The number of unbranched alkanes of at least 4 members (excludes halogenated alkanes) is 6. The molecule has 0 radical (unpaired) electrons. The molecule has 7 heteroatoms. The highest BCUT2D eigenvalue weighted by molar-refractivity contribution is 8.28. The van der Waals surface area contributed by atoms with Gasteiger partial charge in [0.25, 0.3) is 0 Å². The fraction of sp³-hybridized carbons (Fsp3) is 0.579. The van der Waals surface area contributed by atoms with Crippen molar-refractivity contribution < 1.29 is 0 Å². The fourth-order valence-electron chi connectivity index (χ4n) is 10.7. The molecule has 0 heterocycles. The van der Waals surface area contributed by atoms with Gasteiger partial charge in [0, 0.05) is 19.5 Å². The Morgan fingerprint density at radius 3 is 1.30 bits per heavy atom. The third-order valence-electron chi connectivity index (χ3n) is 14.3. The van der Waals surface area contributed by atoms with Crippen LogP contribution in [0.2, 0.25) is 75.5 Å². The van der Waals surface area contributed by atoms with E-state index in [0.717, 1.165) is 0 Å². The Bertz CT molecular complexity index is 1900. The van der Waals surface area contributed by atoms with Gasteiger partial charge in [-0.3, -0.25) is 0 Å². The van der Waals surface area contributed by atoms with Crippen LogP contribution in [-0.4, -0.2) is 38.3 Å². The first-order valence-corrected chi connectivity index (χ1v) is 41.7. The molecule has 1 nitrogen and oxygen atoms in total. The molecule has 2 unspecified atom stereocenters. The van der Waals surface area contributed by atoms with Crippen LogP contribution in [0.1, 0.15) is 132 Å². The summed E-state index contributed by atoms with van der Waals surface area (Å²) < 4.78 is 2.91. The van der Waals surface area contributed by atoms with Gasteiger partial charge in [-0.05, 0) is 61.2 Å². The summed E-state index contributed by atoms with van der Waals surface area (Å²) in [6.45, 7) is 34.8. The standard InChI is InChI=1S/C57H95NP2Si4/c1-15-21-42-63(43-22-16-2,44-23-17-3)51-38-34-49(35-39-51)53-30-29-31-54(57(53)62(12,13)14)59-60(55-32-27-28-33-56(55)61(9,10)11)58(48(7)8)50-36-40-52(41-37-50)64(45-24-18-4,46-25-19-5)47-26-20-6/h27-41,48,59H,15-26,42-47H2,1-14H3. The molecule has 4 aromatic rings. The number of nitrogens with zero attached hydrogens (tertiary/aromatic N) is 1. The number of hydrogen-bond donors (Lipinski definition) is 0. The van der Waals surface area contributed by atoms with E-state index in [4.69, 9.17) is 0 Å². The number of benzene rings is 4. The maximum absolute atomic E-state index is 2.91. The predicted molar refractivity (Wildman–Crippen MR) is 312 cm³/mol. The summed E-state index contributed by atoms with van der Waals surface area (Å²) in [4.78, 5) is 0. The second-order valence-corrected chi connectivity index (χ2v) is 45.5. The van der Waals surface area contributed by atoms with E-state index in [-0.39, 0.29) is 0 Å². The SMILES string of the molecule is CCCC[Si](CCCC)(CCCC)c1ccc(-c2cccc(PP(c3ccccc3[Si](C)(C)C)N(c3ccc([Si](CCCC)(CCCC)CCCC)cc3)C(C)C)c2[Si](C)(C)C)cc1. The summed E-state index contributed by atoms with van der Waals surface area (Å²) in [6, 6.07) is 47.0. The van der Waals surface area contributed by atoms with Crippen molar-refractivity contribution in [2.75, 3.05) is 4.67 Å². The van der Waals surface area contributed by atoms with Gasteiger partial charge in [0.15, 0.2) is 0 Å². The topological polar surface area (TPSA) is 3.24 Å². The van der Waals surface area contributed by atoms with Crippen LogP contribution in [0.15, 0.2) is 91.0 Å². The Balaban J connectivity index is 1.92. The number of rotatable bonds is 29. The monoisotopic (exact) mass is 968 g/mol. The minimum Gasteiger partial charge on any atom is -0.341 e. The van der Waals surface area contributed by atoms with Crippen molar-refractivity contribution >= 4 is 85.4 Å². The minimum absolute atomic E-state index is 0.380. The molecule has 0 fully saturated rings. The van der Waals surface area contributed by atoms with Gasteiger partial charge in [0.05, 0.1) is 32.3 Å². The van der Waals surface area contributed by atoms with Gasteiger partial charge in [-0.1, -0.05) is 289 Å². The molecule has 0 N–H and O–H groups in total. The lowest BCUT2D eigenvalue weighted by molar-refractivity contribution is 0.800. The van der Waals surface area contributed by atoms with Crippen molar-refractivity contribution in [2.45, 2.75) is 214 Å². The molecule has 2 atom stereocenters. The van der Waals surface area contributed by atoms with Crippen molar-refractivity contribution in [3.8, 4) is 11.1 Å². The van der Waals surface area contributed by atoms with E-state index < -0.39 is 40.1 Å². The third kappa shape index (κ3) is 14.5. The van der Waals surface area contributed by atoms with Crippen molar-refractivity contribution in [1.82, 2.24) is 0 Å². The molecule has 0 saturated heterocycles. The quantitative estimate of drug-likeness (QED) is 0.0387. The van der Waals surface area contributed by atoms with E-state index in [9.17, 15) is 0 Å². The van der Waals surface area contributed by atoms with Crippen molar-refractivity contribution in [1.29, 1.82) is 0 Å². The summed E-state index contributed by atoms with van der Waals surface area (Å²) in [6.07, 6.45) is 16.1. The minimum atomic E-state index is -1.81. The van der Waals surface area contributed by atoms with Crippen molar-refractivity contribution in [3.05, 3.63) is 91.0 Å². The highest BCUT2D eigenvalue weighted by Crippen LogP contribution is 2.59. The Morgan fingerprint density at radius 2 is 0.906 bits per heavy atom. The second kappa shape index (κ2) is 26.2. The van der Waals surface area contributed by atoms with Crippen LogP contribution in [0.4, 0.5) is 5.69 Å². The first kappa shape index (κ1) is 55.0. The lowest BCUT2D eigenvalue weighted by atomic mass is 10.1. The Kier molecular flexibility index (Phi) is 22.6. The Morgan fingerprint density at radius 1 is 0.484 bits per heavy atom. The van der Waals surface area contributed by atoms with E-state index in [0.29, 0.717) is 14.3 Å². The molecule has 0 aromatic heterocycles. The molecule has 0 bridgehead atoms. The van der Waals surface area contributed by atoms with Crippen LogP contribution in [-0.2, 0) is 0 Å². The molecular weight excluding hydrogens is 873 g/mol. The molecule has 0 aliphatic rings. The van der Waals surface area contributed by atoms with Crippen LogP contribution >= 0.6 is 16.0 Å². The summed E-state index contributed by atoms with van der Waals surface area (Å²) in [5.41, 5.74) is 4.36. The van der Waals surface area contributed by atoms with Gasteiger partial charge in [0.2, 0.25) is 0 Å². The predicted octanol–water partition coefficient (Wildman–Crippen LogP) is 16.4. The molecule has 0 amide bonds. The van der Waals surface area contributed by atoms with E-state index in [1.54, 1.807) is 31.4 Å². The van der Waals surface area contributed by atoms with E-state index in [1.165, 1.54) is 130 Å². The third-order valence-corrected chi connectivity index (χ3v) is 35.4. The maximum atomic E-state index is 2.91. The van der Waals surface area contributed by atoms with Crippen LogP contribution in [0, 0.1) is 0 Å². The van der Waals surface area contributed by atoms with Crippen molar-refractivity contribution in [2.24, 2.45) is 0 Å². The zero-order chi connectivity index (χ0) is 47.0. The van der Waals surface area contributed by atoms with Gasteiger partial charge in [-0.2, -0.15) is 0 Å². The Labute approximate surface area is 403 Å². The van der Waals surface area contributed by atoms with Crippen LogP contribution < -0.4 is 36.0 Å².